The minimum absolute atomic E-state index is 0.372. The molecule has 10 heavy (non-hydrogen) atoms. The SMILES string of the molecule is C=C(C(=C)C(C)=N)C(C)=N. The first-order valence-electron chi connectivity index (χ1n) is 2.96. The molecule has 0 saturated heterocycles. The third kappa shape index (κ3) is 1.97. The molecular weight excluding hydrogens is 124 g/mol. The Balaban J connectivity index is 4.39. The molecular formula is C8H12N2. The lowest BCUT2D eigenvalue weighted by molar-refractivity contribution is 1.42. The Labute approximate surface area is 61.3 Å². The van der Waals surface area contributed by atoms with Crippen LogP contribution in [0.2, 0.25) is 0 Å². The monoisotopic (exact) mass is 136 g/mol. The van der Waals surface area contributed by atoms with E-state index in [2.05, 4.69) is 13.2 Å². The fraction of sp³-hybridized carbons (Fsp3) is 0.250. The fourth-order valence-corrected chi connectivity index (χ4v) is 0.453. The Hall–Kier alpha value is -1.18. The van der Waals surface area contributed by atoms with E-state index in [9.17, 15) is 0 Å². The Morgan fingerprint density at radius 2 is 1.10 bits per heavy atom. The lowest BCUT2D eigenvalue weighted by atomic mass is 10.0. The van der Waals surface area contributed by atoms with Gasteiger partial charge in [0.1, 0.15) is 0 Å². The molecule has 2 N–H and O–H groups in total. The van der Waals surface area contributed by atoms with Crippen LogP contribution in [0.5, 0.6) is 0 Å². The minimum Gasteiger partial charge on any atom is -0.305 e. The van der Waals surface area contributed by atoms with E-state index in [0.29, 0.717) is 22.6 Å². The van der Waals surface area contributed by atoms with Crippen LogP contribution in [0.1, 0.15) is 13.8 Å². The zero-order valence-electron chi connectivity index (χ0n) is 6.41. The number of rotatable bonds is 3. The summed E-state index contributed by atoms with van der Waals surface area (Å²) in [7, 11) is 0. The van der Waals surface area contributed by atoms with Crippen LogP contribution in [-0.2, 0) is 0 Å². The van der Waals surface area contributed by atoms with Gasteiger partial charge in [-0.25, -0.2) is 0 Å². The number of allylic oxidation sites excluding steroid dienone is 2. The summed E-state index contributed by atoms with van der Waals surface area (Å²) in [6, 6.07) is 0. The lowest BCUT2D eigenvalue weighted by Crippen LogP contribution is -2.03. The van der Waals surface area contributed by atoms with Gasteiger partial charge in [0, 0.05) is 11.4 Å². The largest absolute Gasteiger partial charge is 0.305 e. The summed E-state index contributed by atoms with van der Waals surface area (Å²) >= 11 is 0. The van der Waals surface area contributed by atoms with E-state index >= 15 is 0 Å². The number of hydrogen-bond acceptors (Lipinski definition) is 2. The van der Waals surface area contributed by atoms with Crippen molar-refractivity contribution >= 4 is 11.4 Å². The van der Waals surface area contributed by atoms with E-state index < -0.39 is 0 Å². The second kappa shape index (κ2) is 3.11. The van der Waals surface area contributed by atoms with Crippen molar-refractivity contribution in [3.05, 3.63) is 24.3 Å². The zero-order chi connectivity index (χ0) is 8.31. The molecule has 0 atom stereocenters. The Morgan fingerprint density at radius 1 is 0.900 bits per heavy atom. The van der Waals surface area contributed by atoms with Gasteiger partial charge >= 0.3 is 0 Å². The van der Waals surface area contributed by atoms with Crippen molar-refractivity contribution in [3.63, 3.8) is 0 Å². The van der Waals surface area contributed by atoms with Crippen molar-refractivity contribution in [3.8, 4) is 0 Å². The van der Waals surface area contributed by atoms with Gasteiger partial charge in [0.2, 0.25) is 0 Å². The van der Waals surface area contributed by atoms with Crippen molar-refractivity contribution in [2.75, 3.05) is 0 Å². The van der Waals surface area contributed by atoms with Gasteiger partial charge in [-0.15, -0.1) is 0 Å². The summed E-state index contributed by atoms with van der Waals surface area (Å²) in [4.78, 5) is 0. The molecule has 0 aromatic rings. The second-order valence-corrected chi connectivity index (χ2v) is 2.21. The third-order valence-corrected chi connectivity index (χ3v) is 1.27. The molecule has 0 rings (SSSR count). The van der Waals surface area contributed by atoms with E-state index in [1.54, 1.807) is 13.8 Å². The molecule has 0 bridgehead atoms. The molecule has 0 heterocycles. The molecule has 0 saturated carbocycles. The van der Waals surface area contributed by atoms with Gasteiger partial charge in [-0.3, -0.25) is 0 Å². The molecule has 0 aromatic heterocycles. The standard InChI is InChI=1S/C8H12N2/c1-5(7(3)9)6(2)8(4)10/h9-10H,1-2H2,3-4H3. The zero-order valence-corrected chi connectivity index (χ0v) is 6.41. The topological polar surface area (TPSA) is 47.7 Å². The van der Waals surface area contributed by atoms with Crippen LogP contribution < -0.4 is 0 Å². The second-order valence-electron chi connectivity index (χ2n) is 2.21. The summed E-state index contributed by atoms with van der Waals surface area (Å²) in [6.07, 6.45) is 0. The number of nitrogens with one attached hydrogen (secondary N) is 2. The normalized spacial score (nSPS) is 8.60. The van der Waals surface area contributed by atoms with Crippen LogP contribution in [-0.4, -0.2) is 11.4 Å². The highest BCUT2D eigenvalue weighted by molar-refractivity contribution is 6.11. The van der Waals surface area contributed by atoms with Crippen molar-refractivity contribution in [2.24, 2.45) is 0 Å². The van der Waals surface area contributed by atoms with E-state index in [0.717, 1.165) is 0 Å². The van der Waals surface area contributed by atoms with E-state index in [-0.39, 0.29) is 0 Å². The fourth-order valence-electron chi connectivity index (χ4n) is 0.453. The van der Waals surface area contributed by atoms with Crippen LogP contribution in [0, 0.1) is 10.8 Å². The van der Waals surface area contributed by atoms with Crippen molar-refractivity contribution in [2.45, 2.75) is 13.8 Å². The van der Waals surface area contributed by atoms with Gasteiger partial charge in [0.05, 0.1) is 0 Å². The van der Waals surface area contributed by atoms with Crippen molar-refractivity contribution in [1.82, 2.24) is 0 Å². The highest BCUT2D eigenvalue weighted by atomic mass is 14.4. The summed E-state index contributed by atoms with van der Waals surface area (Å²) in [5.74, 6) is 0. The van der Waals surface area contributed by atoms with Crippen molar-refractivity contribution in [1.29, 1.82) is 10.8 Å². The first-order valence-corrected chi connectivity index (χ1v) is 2.96. The molecule has 0 aromatic carbocycles. The van der Waals surface area contributed by atoms with Crippen LogP contribution in [0.3, 0.4) is 0 Å². The van der Waals surface area contributed by atoms with Gasteiger partial charge in [0.25, 0.3) is 0 Å². The highest BCUT2D eigenvalue weighted by Gasteiger charge is 2.02. The lowest BCUT2D eigenvalue weighted by Gasteiger charge is -2.04. The van der Waals surface area contributed by atoms with Gasteiger partial charge in [-0.05, 0) is 25.0 Å². The van der Waals surface area contributed by atoms with E-state index in [1.807, 2.05) is 0 Å². The maximum atomic E-state index is 7.17. The summed E-state index contributed by atoms with van der Waals surface area (Å²) in [5.41, 5.74) is 1.84. The van der Waals surface area contributed by atoms with Gasteiger partial charge in [0.15, 0.2) is 0 Å². The smallest absolute Gasteiger partial charge is 0.0355 e. The molecule has 0 fully saturated rings. The molecule has 2 nitrogen and oxygen atoms in total. The molecule has 0 spiro atoms. The highest BCUT2D eigenvalue weighted by Crippen LogP contribution is 2.06. The minimum atomic E-state index is 0.372. The van der Waals surface area contributed by atoms with Crippen LogP contribution in [0.15, 0.2) is 24.3 Å². The summed E-state index contributed by atoms with van der Waals surface area (Å²) in [6.45, 7) is 10.5. The van der Waals surface area contributed by atoms with Gasteiger partial charge in [-0.1, -0.05) is 13.2 Å². The molecule has 2 heteroatoms. The number of hydrogen-bond donors (Lipinski definition) is 2. The molecule has 0 unspecified atom stereocenters. The molecule has 54 valence electrons. The van der Waals surface area contributed by atoms with E-state index in [4.69, 9.17) is 10.8 Å². The molecule has 0 amide bonds. The first kappa shape index (κ1) is 8.82. The molecule has 0 radical (unpaired) electrons. The summed E-state index contributed by atoms with van der Waals surface area (Å²) < 4.78 is 0. The first-order chi connectivity index (χ1) is 4.46. The van der Waals surface area contributed by atoms with Crippen LogP contribution in [0.4, 0.5) is 0 Å². The van der Waals surface area contributed by atoms with Crippen LogP contribution in [0.25, 0.3) is 0 Å². The average Bonchev–Trinajstić information content (AvgIpc) is 1.84. The average molecular weight is 136 g/mol. The molecule has 0 aliphatic heterocycles. The molecule has 0 aliphatic rings. The maximum absolute atomic E-state index is 7.17. The predicted molar refractivity (Wildman–Crippen MR) is 45.1 cm³/mol. The van der Waals surface area contributed by atoms with E-state index in [1.165, 1.54) is 0 Å². The third-order valence-electron chi connectivity index (χ3n) is 1.27. The summed E-state index contributed by atoms with van der Waals surface area (Å²) in [5, 5.41) is 14.3. The molecule has 0 aliphatic carbocycles. The predicted octanol–water partition coefficient (Wildman–Crippen LogP) is 2.18. The Bertz CT molecular complexity index is 187. The van der Waals surface area contributed by atoms with Gasteiger partial charge in [-0.2, -0.15) is 0 Å². The Morgan fingerprint density at radius 3 is 1.20 bits per heavy atom. The van der Waals surface area contributed by atoms with Crippen molar-refractivity contribution < 1.29 is 0 Å². The maximum Gasteiger partial charge on any atom is 0.0355 e. The van der Waals surface area contributed by atoms with Crippen LogP contribution >= 0.6 is 0 Å². The van der Waals surface area contributed by atoms with Gasteiger partial charge < -0.3 is 10.8 Å². The Kier molecular flexibility index (Phi) is 2.74. The quantitative estimate of drug-likeness (QED) is 0.441.